The molecule has 0 amide bonds. The number of likely N-dealkylation sites (N-methyl/N-ethyl adjacent to an activating group) is 1. The number of nitrogens with zero attached hydrogens (tertiary/aromatic N) is 2. The lowest BCUT2D eigenvalue weighted by molar-refractivity contribution is 0.0526. The van der Waals surface area contributed by atoms with E-state index in [0.717, 1.165) is 30.1 Å². The molecule has 1 atom stereocenters. The van der Waals surface area contributed by atoms with Crippen LogP contribution >= 0.6 is 11.5 Å². The van der Waals surface area contributed by atoms with Gasteiger partial charge in [-0.15, -0.1) is 0 Å². The summed E-state index contributed by atoms with van der Waals surface area (Å²) in [4.78, 5) is 3.16. The second-order valence-corrected chi connectivity index (χ2v) is 4.66. The van der Waals surface area contributed by atoms with Gasteiger partial charge in [0.05, 0.1) is 10.6 Å². The highest BCUT2D eigenvalue weighted by atomic mass is 32.1. The molecule has 0 saturated carbocycles. The first-order chi connectivity index (χ1) is 6.10. The van der Waals surface area contributed by atoms with Gasteiger partial charge < -0.3 is 10.0 Å². The van der Waals surface area contributed by atoms with Crippen LogP contribution in [-0.4, -0.2) is 34.5 Å². The van der Waals surface area contributed by atoms with Crippen molar-refractivity contribution in [1.29, 1.82) is 0 Å². The maximum absolute atomic E-state index is 10.3. The van der Waals surface area contributed by atoms with E-state index < -0.39 is 5.60 Å². The molecule has 1 fully saturated rings. The molecule has 0 aliphatic carbocycles. The van der Waals surface area contributed by atoms with Crippen LogP contribution in [0.1, 0.15) is 17.0 Å². The van der Waals surface area contributed by atoms with Crippen molar-refractivity contribution >= 4 is 11.5 Å². The third-order valence-corrected chi connectivity index (χ3v) is 3.60. The van der Waals surface area contributed by atoms with Gasteiger partial charge in [-0.3, -0.25) is 0 Å². The van der Waals surface area contributed by atoms with Crippen LogP contribution in [0.2, 0.25) is 0 Å². The Morgan fingerprint density at radius 1 is 1.69 bits per heavy atom. The van der Waals surface area contributed by atoms with Crippen LogP contribution in [-0.2, 0) is 5.60 Å². The molecular formula is C9H14N2OS. The average molecular weight is 198 g/mol. The Kier molecular flexibility index (Phi) is 2.14. The van der Waals surface area contributed by atoms with Gasteiger partial charge in [-0.05, 0) is 38.0 Å². The predicted molar refractivity (Wildman–Crippen MR) is 52.9 cm³/mol. The Balaban J connectivity index is 2.25. The Labute approximate surface area is 82.2 Å². The van der Waals surface area contributed by atoms with Crippen LogP contribution in [0, 0.1) is 6.92 Å². The van der Waals surface area contributed by atoms with Crippen molar-refractivity contribution in [2.75, 3.05) is 20.1 Å². The number of rotatable bonds is 1. The molecule has 4 heteroatoms. The lowest BCUT2D eigenvalue weighted by atomic mass is 10.0. The molecule has 1 aromatic rings. The smallest absolute Gasteiger partial charge is 0.114 e. The van der Waals surface area contributed by atoms with E-state index in [9.17, 15) is 5.11 Å². The van der Waals surface area contributed by atoms with Gasteiger partial charge in [0.1, 0.15) is 5.60 Å². The fourth-order valence-electron chi connectivity index (χ4n) is 1.76. The maximum atomic E-state index is 10.3. The van der Waals surface area contributed by atoms with Crippen molar-refractivity contribution in [3.8, 4) is 0 Å². The highest BCUT2D eigenvalue weighted by Crippen LogP contribution is 2.33. The van der Waals surface area contributed by atoms with Gasteiger partial charge in [0.15, 0.2) is 0 Å². The van der Waals surface area contributed by atoms with Crippen molar-refractivity contribution in [3.05, 3.63) is 16.6 Å². The largest absolute Gasteiger partial charge is 0.383 e. The molecule has 72 valence electrons. The second-order valence-electron chi connectivity index (χ2n) is 3.85. The number of aromatic nitrogens is 1. The van der Waals surface area contributed by atoms with E-state index in [1.54, 1.807) is 0 Å². The minimum absolute atomic E-state index is 0.638. The minimum Gasteiger partial charge on any atom is -0.383 e. The second kappa shape index (κ2) is 3.04. The van der Waals surface area contributed by atoms with Crippen LogP contribution in [0.15, 0.2) is 6.07 Å². The summed E-state index contributed by atoms with van der Waals surface area (Å²) in [5.74, 6) is 0. The number of hydrogen-bond acceptors (Lipinski definition) is 4. The van der Waals surface area contributed by atoms with Crippen LogP contribution < -0.4 is 0 Å². The summed E-state index contributed by atoms with van der Waals surface area (Å²) in [6.07, 6.45) is 0.825. The molecule has 1 N–H and O–H groups in total. The molecule has 2 rings (SSSR count). The topological polar surface area (TPSA) is 36.4 Å². The van der Waals surface area contributed by atoms with E-state index in [1.807, 2.05) is 20.0 Å². The molecule has 0 spiro atoms. The standard InChI is InChI=1S/C9H14N2OS/c1-7-5-8(13-10-7)9(12)3-4-11(2)6-9/h5,12H,3-4,6H2,1-2H3. The van der Waals surface area contributed by atoms with E-state index in [4.69, 9.17) is 0 Å². The van der Waals surface area contributed by atoms with Crippen molar-refractivity contribution in [1.82, 2.24) is 9.27 Å². The predicted octanol–water partition coefficient (Wildman–Crippen LogP) is 0.975. The zero-order chi connectivity index (χ0) is 9.47. The van der Waals surface area contributed by atoms with E-state index in [2.05, 4.69) is 9.27 Å². The number of aryl methyl sites for hydroxylation is 1. The third kappa shape index (κ3) is 1.61. The Morgan fingerprint density at radius 2 is 2.46 bits per heavy atom. The normalized spacial score (nSPS) is 29.8. The highest BCUT2D eigenvalue weighted by Gasteiger charge is 2.37. The first-order valence-electron chi connectivity index (χ1n) is 4.45. The summed E-state index contributed by atoms with van der Waals surface area (Å²) in [6, 6.07) is 1.99. The highest BCUT2D eigenvalue weighted by molar-refractivity contribution is 7.06. The Hall–Kier alpha value is -0.450. The number of likely N-dealkylation sites (tertiary alicyclic amines) is 1. The summed E-state index contributed by atoms with van der Waals surface area (Å²) in [5.41, 5.74) is 0.365. The monoisotopic (exact) mass is 198 g/mol. The summed E-state index contributed by atoms with van der Waals surface area (Å²) in [5, 5.41) is 10.3. The number of β-amino-alcohol motifs (C(OH)–C–C–N with tert-alkyl or cyclic N) is 1. The molecule has 3 nitrogen and oxygen atoms in total. The molecule has 1 aliphatic heterocycles. The van der Waals surface area contributed by atoms with Crippen molar-refractivity contribution < 1.29 is 5.11 Å². The molecule has 0 radical (unpaired) electrons. The average Bonchev–Trinajstić information content (AvgIpc) is 2.60. The van der Waals surface area contributed by atoms with Gasteiger partial charge in [-0.1, -0.05) is 0 Å². The van der Waals surface area contributed by atoms with Gasteiger partial charge in [-0.25, -0.2) is 0 Å². The number of aliphatic hydroxyl groups is 1. The zero-order valence-corrected chi connectivity index (χ0v) is 8.77. The molecule has 2 heterocycles. The molecule has 1 saturated heterocycles. The molecule has 1 aromatic heterocycles. The van der Waals surface area contributed by atoms with Gasteiger partial charge in [0.25, 0.3) is 0 Å². The van der Waals surface area contributed by atoms with Gasteiger partial charge in [0.2, 0.25) is 0 Å². The summed E-state index contributed by atoms with van der Waals surface area (Å²) in [6.45, 7) is 3.66. The summed E-state index contributed by atoms with van der Waals surface area (Å²) in [7, 11) is 2.03. The molecule has 0 bridgehead atoms. The molecular weight excluding hydrogens is 184 g/mol. The Morgan fingerprint density at radius 3 is 2.92 bits per heavy atom. The minimum atomic E-state index is -0.638. The SMILES string of the molecule is Cc1cc(C2(O)CCN(C)C2)sn1. The molecule has 1 aliphatic rings. The van der Waals surface area contributed by atoms with E-state index in [1.165, 1.54) is 11.5 Å². The first-order valence-corrected chi connectivity index (χ1v) is 5.22. The maximum Gasteiger partial charge on any atom is 0.114 e. The quantitative estimate of drug-likeness (QED) is 0.730. The van der Waals surface area contributed by atoms with Crippen molar-refractivity contribution in [2.24, 2.45) is 0 Å². The fourth-order valence-corrected chi connectivity index (χ4v) is 2.62. The molecule has 1 unspecified atom stereocenters. The zero-order valence-electron chi connectivity index (χ0n) is 7.95. The lowest BCUT2D eigenvalue weighted by Gasteiger charge is -2.19. The van der Waals surface area contributed by atoms with Crippen LogP contribution in [0.3, 0.4) is 0 Å². The molecule has 0 aromatic carbocycles. The van der Waals surface area contributed by atoms with Gasteiger partial charge in [0, 0.05) is 13.1 Å². The summed E-state index contributed by atoms with van der Waals surface area (Å²) >= 11 is 1.42. The van der Waals surface area contributed by atoms with E-state index in [-0.39, 0.29) is 0 Å². The third-order valence-electron chi connectivity index (χ3n) is 2.53. The van der Waals surface area contributed by atoms with Crippen molar-refractivity contribution in [2.45, 2.75) is 18.9 Å². The summed E-state index contributed by atoms with van der Waals surface area (Å²) < 4.78 is 4.19. The van der Waals surface area contributed by atoms with Gasteiger partial charge in [-0.2, -0.15) is 4.37 Å². The Bertz CT molecular complexity index is 312. The van der Waals surface area contributed by atoms with Crippen LogP contribution in [0.5, 0.6) is 0 Å². The number of hydrogen-bond donors (Lipinski definition) is 1. The van der Waals surface area contributed by atoms with E-state index >= 15 is 0 Å². The fraction of sp³-hybridized carbons (Fsp3) is 0.667. The van der Waals surface area contributed by atoms with Crippen LogP contribution in [0.25, 0.3) is 0 Å². The first kappa shape index (κ1) is 9.12. The van der Waals surface area contributed by atoms with Gasteiger partial charge >= 0.3 is 0 Å². The lowest BCUT2D eigenvalue weighted by Crippen LogP contribution is -2.28. The van der Waals surface area contributed by atoms with Crippen LogP contribution in [0.4, 0.5) is 0 Å². The molecule has 13 heavy (non-hydrogen) atoms. The van der Waals surface area contributed by atoms with E-state index in [0.29, 0.717) is 0 Å². The van der Waals surface area contributed by atoms with Crippen molar-refractivity contribution in [3.63, 3.8) is 0 Å².